The molecule has 0 amide bonds. The predicted octanol–water partition coefficient (Wildman–Crippen LogP) is 6.05. The highest BCUT2D eigenvalue weighted by Crippen LogP contribution is 2.62. The van der Waals surface area contributed by atoms with Crippen molar-refractivity contribution in [1.29, 1.82) is 0 Å². The Kier molecular flexibility index (Phi) is 4.02. The van der Waals surface area contributed by atoms with Crippen molar-refractivity contribution in [2.24, 2.45) is 22.7 Å². The molecule has 19 heavy (non-hydrogen) atoms. The highest BCUT2D eigenvalue weighted by Gasteiger charge is 2.64. The van der Waals surface area contributed by atoms with Gasteiger partial charge in [-0.2, -0.15) is 0 Å². The van der Waals surface area contributed by atoms with E-state index in [1.165, 1.54) is 0 Å². The first-order valence-corrected chi connectivity index (χ1v) is 8.13. The summed E-state index contributed by atoms with van der Waals surface area (Å²) in [7, 11) is 0. The molecule has 2 saturated carbocycles. The minimum absolute atomic E-state index is 0.141. The third-order valence-electron chi connectivity index (χ3n) is 6.78. The molecule has 0 N–H and O–H groups in total. The molecule has 0 aromatic rings. The smallest absolute Gasteiger partial charge is 0.206 e. The van der Waals surface area contributed by atoms with Crippen molar-refractivity contribution in [1.82, 2.24) is 0 Å². The van der Waals surface area contributed by atoms with Gasteiger partial charge in [-0.05, 0) is 37.5 Å². The maximum Gasteiger partial charge on any atom is 0.259 e. The monoisotopic (exact) mass is 272 g/mol. The average Bonchev–Trinajstić information content (AvgIpc) is 2.36. The van der Waals surface area contributed by atoms with E-state index in [1.807, 2.05) is 27.7 Å². The van der Waals surface area contributed by atoms with E-state index in [0.717, 1.165) is 38.5 Å². The van der Waals surface area contributed by atoms with Crippen LogP contribution in [-0.4, -0.2) is 5.92 Å². The third kappa shape index (κ3) is 2.14. The standard InChI is InChI=1S/C17H30F2/c1-13-9-5-7-11-15(13,3)17(18,19)16(4)12-8-6-10-14(16)2/h13-14H,5-12H2,1-4H3. The fraction of sp³-hybridized carbons (Fsp3) is 1.00. The van der Waals surface area contributed by atoms with Gasteiger partial charge in [0.15, 0.2) is 0 Å². The van der Waals surface area contributed by atoms with E-state index in [0.29, 0.717) is 12.8 Å². The fourth-order valence-corrected chi connectivity index (χ4v) is 4.60. The van der Waals surface area contributed by atoms with Gasteiger partial charge in [-0.1, -0.05) is 53.4 Å². The molecule has 0 bridgehead atoms. The van der Waals surface area contributed by atoms with Gasteiger partial charge in [-0.15, -0.1) is 0 Å². The first-order valence-electron chi connectivity index (χ1n) is 8.13. The molecule has 0 saturated heterocycles. The van der Waals surface area contributed by atoms with Gasteiger partial charge in [0.25, 0.3) is 5.92 Å². The van der Waals surface area contributed by atoms with Gasteiger partial charge in [0.2, 0.25) is 0 Å². The maximum atomic E-state index is 15.5. The van der Waals surface area contributed by atoms with E-state index in [1.54, 1.807) is 0 Å². The Morgan fingerprint density at radius 3 is 1.47 bits per heavy atom. The summed E-state index contributed by atoms with van der Waals surface area (Å²) in [6.07, 6.45) is 7.53. The Hall–Kier alpha value is -0.140. The van der Waals surface area contributed by atoms with Crippen LogP contribution in [0, 0.1) is 22.7 Å². The summed E-state index contributed by atoms with van der Waals surface area (Å²) in [6, 6.07) is 0. The van der Waals surface area contributed by atoms with E-state index >= 15 is 8.78 Å². The second kappa shape index (κ2) is 5.00. The molecular weight excluding hydrogens is 242 g/mol. The quantitative estimate of drug-likeness (QED) is 0.573. The van der Waals surface area contributed by atoms with Gasteiger partial charge in [0, 0.05) is 10.8 Å². The Balaban J connectivity index is 2.34. The van der Waals surface area contributed by atoms with Crippen LogP contribution in [0.1, 0.15) is 79.1 Å². The van der Waals surface area contributed by atoms with Gasteiger partial charge in [0.05, 0.1) is 0 Å². The molecule has 112 valence electrons. The van der Waals surface area contributed by atoms with Crippen molar-refractivity contribution >= 4 is 0 Å². The summed E-state index contributed by atoms with van der Waals surface area (Å²) in [5.41, 5.74) is -1.60. The molecule has 0 aromatic heterocycles. The Labute approximate surface area is 117 Å². The molecular formula is C17H30F2. The lowest BCUT2D eigenvalue weighted by atomic mass is 9.53. The van der Waals surface area contributed by atoms with Crippen LogP contribution in [0.25, 0.3) is 0 Å². The molecule has 4 unspecified atom stereocenters. The zero-order valence-corrected chi connectivity index (χ0v) is 13.1. The molecule has 2 rings (SSSR count). The van der Waals surface area contributed by atoms with Crippen molar-refractivity contribution in [3.05, 3.63) is 0 Å². The molecule has 2 fully saturated rings. The van der Waals surface area contributed by atoms with Crippen LogP contribution in [0.15, 0.2) is 0 Å². The minimum atomic E-state index is -2.54. The topological polar surface area (TPSA) is 0 Å². The number of hydrogen-bond acceptors (Lipinski definition) is 0. The van der Waals surface area contributed by atoms with Crippen molar-refractivity contribution in [3.63, 3.8) is 0 Å². The van der Waals surface area contributed by atoms with Crippen molar-refractivity contribution in [2.45, 2.75) is 85.0 Å². The van der Waals surface area contributed by atoms with Crippen molar-refractivity contribution < 1.29 is 8.78 Å². The first kappa shape index (κ1) is 15.3. The highest BCUT2D eigenvalue weighted by atomic mass is 19.3. The second-order valence-electron chi connectivity index (χ2n) is 7.70. The van der Waals surface area contributed by atoms with Crippen LogP contribution in [0.3, 0.4) is 0 Å². The Morgan fingerprint density at radius 1 is 0.789 bits per heavy atom. The number of hydrogen-bond donors (Lipinski definition) is 0. The average molecular weight is 272 g/mol. The molecule has 0 radical (unpaired) electrons. The Bertz CT molecular complexity index is 295. The SMILES string of the molecule is CC1CCCCC1(C)C(F)(F)C1(C)CCCCC1C. The molecule has 2 heteroatoms. The Morgan fingerprint density at radius 2 is 1.16 bits per heavy atom. The molecule has 0 nitrogen and oxygen atoms in total. The lowest BCUT2D eigenvalue weighted by Crippen LogP contribution is -2.58. The maximum absolute atomic E-state index is 15.5. The van der Waals surface area contributed by atoms with Crippen LogP contribution in [0.5, 0.6) is 0 Å². The first-order chi connectivity index (χ1) is 8.76. The molecule has 0 spiro atoms. The molecule has 2 aliphatic rings. The van der Waals surface area contributed by atoms with Gasteiger partial charge in [-0.3, -0.25) is 0 Å². The van der Waals surface area contributed by atoms with Gasteiger partial charge >= 0.3 is 0 Å². The van der Waals surface area contributed by atoms with Crippen LogP contribution in [-0.2, 0) is 0 Å². The van der Waals surface area contributed by atoms with Crippen LogP contribution in [0.4, 0.5) is 8.78 Å². The van der Waals surface area contributed by atoms with E-state index in [9.17, 15) is 0 Å². The summed E-state index contributed by atoms with van der Waals surface area (Å²) >= 11 is 0. The highest BCUT2D eigenvalue weighted by molar-refractivity contribution is 5.06. The second-order valence-corrected chi connectivity index (χ2v) is 7.70. The fourth-order valence-electron chi connectivity index (χ4n) is 4.60. The van der Waals surface area contributed by atoms with E-state index in [2.05, 4.69) is 0 Å². The summed E-state index contributed by atoms with van der Waals surface area (Å²) in [4.78, 5) is 0. The number of rotatable bonds is 2. The van der Waals surface area contributed by atoms with Crippen LogP contribution in [0.2, 0.25) is 0 Å². The van der Waals surface area contributed by atoms with Gasteiger partial charge in [0.1, 0.15) is 0 Å². The number of halogens is 2. The largest absolute Gasteiger partial charge is 0.259 e. The van der Waals surface area contributed by atoms with Crippen LogP contribution >= 0.6 is 0 Å². The normalized spacial score (nSPS) is 45.2. The lowest BCUT2D eigenvalue weighted by Gasteiger charge is -2.55. The summed E-state index contributed by atoms with van der Waals surface area (Å²) in [5, 5.41) is 0. The zero-order valence-electron chi connectivity index (χ0n) is 13.1. The minimum Gasteiger partial charge on any atom is -0.206 e. The van der Waals surface area contributed by atoms with E-state index in [-0.39, 0.29) is 11.8 Å². The predicted molar refractivity (Wildman–Crippen MR) is 76.4 cm³/mol. The summed E-state index contributed by atoms with van der Waals surface area (Å²) < 4.78 is 30.9. The zero-order chi connectivity index (χ0) is 14.3. The molecule has 0 aliphatic heterocycles. The molecule has 0 aromatic carbocycles. The van der Waals surface area contributed by atoms with Crippen molar-refractivity contribution in [3.8, 4) is 0 Å². The van der Waals surface area contributed by atoms with Crippen LogP contribution < -0.4 is 0 Å². The third-order valence-corrected chi connectivity index (χ3v) is 6.78. The van der Waals surface area contributed by atoms with Gasteiger partial charge < -0.3 is 0 Å². The van der Waals surface area contributed by atoms with Gasteiger partial charge in [-0.25, -0.2) is 8.78 Å². The van der Waals surface area contributed by atoms with Crippen molar-refractivity contribution in [2.75, 3.05) is 0 Å². The summed E-state index contributed by atoms with van der Waals surface area (Å²) in [5.74, 6) is -2.26. The number of alkyl halides is 2. The molecule has 2 aliphatic carbocycles. The van der Waals surface area contributed by atoms with E-state index in [4.69, 9.17) is 0 Å². The summed E-state index contributed by atoms with van der Waals surface area (Å²) in [6.45, 7) is 7.82. The van der Waals surface area contributed by atoms with E-state index < -0.39 is 16.8 Å². The molecule has 4 atom stereocenters. The molecule has 0 heterocycles. The lowest BCUT2D eigenvalue weighted by molar-refractivity contribution is -0.247.